The van der Waals surface area contributed by atoms with E-state index in [4.69, 9.17) is 0 Å². The monoisotopic (exact) mass is 306 g/mol. The van der Waals surface area contributed by atoms with E-state index in [1.807, 2.05) is 6.20 Å². The average Bonchev–Trinajstić information content (AvgIpc) is 2.86. The van der Waals surface area contributed by atoms with Gasteiger partial charge >= 0.3 is 0 Å². The zero-order valence-electron chi connectivity index (χ0n) is 11.9. The topological polar surface area (TPSA) is 27.0 Å². The van der Waals surface area contributed by atoms with Crippen LogP contribution in [-0.2, 0) is 6.54 Å². The molecule has 4 aliphatic heterocycles. The summed E-state index contributed by atoms with van der Waals surface area (Å²) in [5.74, 6) is 0. The molecule has 4 bridgehead atoms. The summed E-state index contributed by atoms with van der Waals surface area (Å²) in [6.07, 6.45) is 3.97. The van der Waals surface area contributed by atoms with Gasteiger partial charge in [-0.2, -0.15) is 0 Å². The van der Waals surface area contributed by atoms with Crippen molar-refractivity contribution in [1.29, 1.82) is 0 Å². The van der Waals surface area contributed by atoms with E-state index in [0.717, 1.165) is 36.7 Å². The summed E-state index contributed by atoms with van der Waals surface area (Å²) in [7, 11) is 0. The number of quaternary nitrogens is 1. The van der Waals surface area contributed by atoms with Gasteiger partial charge in [0.05, 0.1) is 25.7 Å². The van der Waals surface area contributed by atoms with Crippen LogP contribution < -0.4 is 12.4 Å². The molecule has 0 amide bonds. The highest BCUT2D eigenvalue weighted by Gasteiger charge is 2.48. The molecule has 7 heteroatoms. The number of aromatic nitrogens is 2. The van der Waals surface area contributed by atoms with E-state index >= 15 is 0 Å². The van der Waals surface area contributed by atoms with E-state index in [2.05, 4.69) is 48.5 Å². The van der Waals surface area contributed by atoms with Crippen LogP contribution >= 0.6 is 0 Å². The molecule has 2 aromatic heterocycles. The molecule has 4 saturated heterocycles. The van der Waals surface area contributed by atoms with Crippen LogP contribution in [0.4, 0.5) is 0 Å². The number of hydrogen-bond donors (Lipinski definition) is 0. The van der Waals surface area contributed by atoms with Gasteiger partial charge in [0.2, 0.25) is 0 Å². The Hall–Kier alpha value is -1.18. The molecule has 4 fully saturated rings. The summed E-state index contributed by atoms with van der Waals surface area (Å²) in [5, 5.41) is 0. The van der Waals surface area contributed by atoms with E-state index < -0.39 is 0 Å². The van der Waals surface area contributed by atoms with Crippen LogP contribution in [0, 0.1) is 0 Å². The van der Waals surface area contributed by atoms with Crippen LogP contribution in [0.3, 0.4) is 0 Å². The maximum Gasteiger partial charge on any atom is 0.139 e. The minimum absolute atomic E-state index is 0. The molecule has 0 aliphatic carbocycles. The average molecular weight is 307 g/mol. The first-order valence-corrected chi connectivity index (χ1v) is 7.23. The molecule has 6 heterocycles. The Balaban J connectivity index is 0.00000115. The van der Waals surface area contributed by atoms with Crippen LogP contribution in [0.1, 0.15) is 5.69 Å². The molecule has 4 aliphatic rings. The highest BCUT2D eigenvalue weighted by atomic mass is 35.5. The summed E-state index contributed by atoms with van der Waals surface area (Å²) >= 11 is 0. The number of hydrogen-bond acceptors (Lipinski definition) is 4. The van der Waals surface area contributed by atoms with Crippen LogP contribution in [0.15, 0.2) is 30.6 Å². The predicted octanol–water partition coefficient (Wildman–Crippen LogP) is -2.65. The van der Waals surface area contributed by atoms with Crippen molar-refractivity contribution in [3.63, 3.8) is 0 Å². The minimum Gasteiger partial charge on any atom is -1.00 e. The Bertz CT molecular complexity index is 633. The molecule has 6 nitrogen and oxygen atoms in total. The zero-order chi connectivity index (χ0) is 13.2. The van der Waals surface area contributed by atoms with Gasteiger partial charge in [-0.1, -0.05) is 6.07 Å². The van der Waals surface area contributed by atoms with Crippen molar-refractivity contribution in [1.82, 2.24) is 24.1 Å². The minimum atomic E-state index is 0. The van der Waals surface area contributed by atoms with Gasteiger partial charge in [-0.15, -0.1) is 0 Å². The fourth-order valence-electron chi connectivity index (χ4n) is 4.29. The van der Waals surface area contributed by atoms with Gasteiger partial charge in [0.15, 0.2) is 0 Å². The van der Waals surface area contributed by atoms with Crippen molar-refractivity contribution in [3.8, 4) is 0 Å². The summed E-state index contributed by atoms with van der Waals surface area (Å²) < 4.78 is 3.37. The summed E-state index contributed by atoms with van der Waals surface area (Å²) in [6.45, 7) is 8.05. The predicted molar refractivity (Wildman–Crippen MR) is 73.9 cm³/mol. The van der Waals surface area contributed by atoms with E-state index in [9.17, 15) is 0 Å². The molecule has 21 heavy (non-hydrogen) atoms. The second-order valence-corrected chi connectivity index (χ2v) is 6.53. The van der Waals surface area contributed by atoms with Crippen molar-refractivity contribution < 1.29 is 16.9 Å². The maximum atomic E-state index is 4.40. The maximum absolute atomic E-state index is 4.40. The van der Waals surface area contributed by atoms with Crippen LogP contribution in [-0.4, -0.2) is 68.6 Å². The molecule has 0 atom stereocenters. The van der Waals surface area contributed by atoms with Crippen molar-refractivity contribution in [2.75, 3.05) is 40.0 Å². The van der Waals surface area contributed by atoms with Crippen LogP contribution in [0.2, 0.25) is 0 Å². The number of imidazole rings is 1. The fraction of sp³-hybridized carbons (Fsp3) is 0.500. The van der Waals surface area contributed by atoms with Gasteiger partial charge in [-0.3, -0.25) is 8.88 Å². The molecule has 112 valence electrons. The molecule has 0 unspecified atom stereocenters. The summed E-state index contributed by atoms with van der Waals surface area (Å²) in [5.41, 5.74) is 2.42. The third-order valence-electron chi connectivity index (χ3n) is 4.71. The Morgan fingerprint density at radius 3 is 2.33 bits per heavy atom. The summed E-state index contributed by atoms with van der Waals surface area (Å²) in [6, 6.07) is 6.45. The Kier molecular flexibility index (Phi) is 2.99. The highest BCUT2D eigenvalue weighted by molar-refractivity contribution is 5.39. The molecule has 0 spiro atoms. The first kappa shape index (κ1) is 13.5. The van der Waals surface area contributed by atoms with E-state index in [1.54, 1.807) is 0 Å². The van der Waals surface area contributed by atoms with Gasteiger partial charge in [-0.25, -0.2) is 19.7 Å². The summed E-state index contributed by atoms with van der Waals surface area (Å²) in [4.78, 5) is 12.1. The number of halogens is 1. The fourth-order valence-corrected chi connectivity index (χ4v) is 4.29. The third-order valence-corrected chi connectivity index (χ3v) is 4.71. The van der Waals surface area contributed by atoms with Gasteiger partial charge < -0.3 is 12.4 Å². The second-order valence-electron chi connectivity index (χ2n) is 6.53. The molecule has 0 radical (unpaired) electrons. The molecular formula is C14H19ClN6. The Morgan fingerprint density at radius 1 is 1.00 bits per heavy atom. The Labute approximate surface area is 130 Å². The first-order valence-electron chi connectivity index (χ1n) is 7.23. The number of pyridine rings is 1. The molecule has 0 saturated carbocycles. The molecule has 0 N–H and O–H groups in total. The highest BCUT2D eigenvalue weighted by Crippen LogP contribution is 2.30. The SMILES string of the molecule is [Cl-].c1cc(C[N+]23CN4CN(CN(C4)C2)C3)n2ccnc2c1. The normalized spacial score (nSPS) is 36.9. The van der Waals surface area contributed by atoms with Crippen LogP contribution in [0.25, 0.3) is 5.65 Å². The Morgan fingerprint density at radius 2 is 1.67 bits per heavy atom. The van der Waals surface area contributed by atoms with Crippen LogP contribution in [0.5, 0.6) is 0 Å². The van der Waals surface area contributed by atoms with Gasteiger partial charge in [-0.05, 0) is 12.1 Å². The number of rotatable bonds is 2. The lowest BCUT2D eigenvalue weighted by molar-refractivity contribution is -0.991. The van der Waals surface area contributed by atoms with E-state index in [1.165, 1.54) is 25.7 Å². The lowest BCUT2D eigenvalue weighted by atomic mass is 10.2. The number of fused-ring (bicyclic) bond motifs is 1. The smallest absolute Gasteiger partial charge is 0.139 e. The molecular weight excluding hydrogens is 288 g/mol. The van der Waals surface area contributed by atoms with Gasteiger partial charge in [0.1, 0.15) is 32.2 Å². The van der Waals surface area contributed by atoms with Crippen molar-refractivity contribution in [3.05, 3.63) is 36.3 Å². The largest absolute Gasteiger partial charge is 1.00 e. The molecule has 6 rings (SSSR count). The van der Waals surface area contributed by atoms with Crippen molar-refractivity contribution in [2.24, 2.45) is 0 Å². The molecule has 2 aromatic rings. The van der Waals surface area contributed by atoms with E-state index in [-0.39, 0.29) is 12.4 Å². The zero-order valence-corrected chi connectivity index (χ0v) is 12.7. The van der Waals surface area contributed by atoms with Gasteiger partial charge in [0.25, 0.3) is 0 Å². The lowest BCUT2D eigenvalue weighted by Crippen LogP contribution is -3.00. The second kappa shape index (κ2) is 4.66. The lowest BCUT2D eigenvalue weighted by Gasteiger charge is -2.60. The standard InChI is InChI=1S/C14H19N6.ClH/c1-2-13(19-5-4-15-14(19)3-1)6-20-10-16-7-17(11-20)9-18(8-16)12-20;/h1-5H,6-12H2;1H/q+1;/p-1. The van der Waals surface area contributed by atoms with Crippen molar-refractivity contribution >= 4 is 5.65 Å². The third kappa shape index (κ3) is 2.06. The molecule has 0 aromatic carbocycles. The number of nitrogens with zero attached hydrogens (tertiary/aromatic N) is 6. The first-order chi connectivity index (χ1) is 9.80. The van der Waals surface area contributed by atoms with Gasteiger partial charge in [0, 0.05) is 12.4 Å². The quantitative estimate of drug-likeness (QED) is 0.566. The van der Waals surface area contributed by atoms with Crippen molar-refractivity contribution in [2.45, 2.75) is 6.54 Å². The van der Waals surface area contributed by atoms with E-state index in [0.29, 0.717) is 0 Å².